The molecule has 0 saturated heterocycles. The number of nitrogens with two attached hydrogens (primary N) is 2. The Hall–Kier alpha value is -2.20. The van der Waals surface area contributed by atoms with Gasteiger partial charge in [0.1, 0.15) is 5.82 Å². The molecule has 2 aromatic carbocycles. The van der Waals surface area contributed by atoms with Crippen molar-refractivity contribution >= 4 is 5.91 Å². The Labute approximate surface area is 123 Å². The molecular weight excluding hydrogens is 267 g/mol. The van der Waals surface area contributed by atoms with E-state index >= 15 is 0 Å². The van der Waals surface area contributed by atoms with E-state index in [0.717, 1.165) is 16.7 Å². The lowest BCUT2D eigenvalue weighted by molar-refractivity contribution is 0.1000. The Balaban J connectivity index is 2.90. The molecule has 0 heterocycles. The van der Waals surface area contributed by atoms with Crippen LogP contribution in [0.4, 0.5) is 4.39 Å². The van der Waals surface area contributed by atoms with Gasteiger partial charge in [0, 0.05) is 6.04 Å². The standard InChI is InChI=1S/C17H19FN2O/c1-9-7-14(11(3)19)16(15(10(9)2)17(20)21)12-5-4-6-13(18)8-12/h4-8,11H,19H2,1-3H3,(H2,20,21). The summed E-state index contributed by atoms with van der Waals surface area (Å²) in [7, 11) is 0. The van der Waals surface area contributed by atoms with Crippen molar-refractivity contribution in [2.75, 3.05) is 0 Å². The van der Waals surface area contributed by atoms with E-state index in [-0.39, 0.29) is 11.9 Å². The molecule has 1 amide bonds. The van der Waals surface area contributed by atoms with Gasteiger partial charge in [-0.15, -0.1) is 0 Å². The molecule has 1 unspecified atom stereocenters. The van der Waals surface area contributed by atoms with Gasteiger partial charge in [0.15, 0.2) is 0 Å². The smallest absolute Gasteiger partial charge is 0.249 e. The number of aryl methyl sites for hydroxylation is 1. The predicted molar refractivity (Wildman–Crippen MR) is 82.4 cm³/mol. The second kappa shape index (κ2) is 5.66. The van der Waals surface area contributed by atoms with Crippen LogP contribution in [0, 0.1) is 19.7 Å². The van der Waals surface area contributed by atoms with Crippen LogP contribution >= 0.6 is 0 Å². The summed E-state index contributed by atoms with van der Waals surface area (Å²) in [5.74, 6) is -0.894. The Morgan fingerprint density at radius 1 is 1.24 bits per heavy atom. The maximum atomic E-state index is 13.6. The number of halogens is 1. The Morgan fingerprint density at radius 2 is 1.90 bits per heavy atom. The van der Waals surface area contributed by atoms with Gasteiger partial charge in [0.05, 0.1) is 5.56 Å². The fourth-order valence-electron chi connectivity index (χ4n) is 2.56. The highest BCUT2D eigenvalue weighted by Crippen LogP contribution is 2.34. The van der Waals surface area contributed by atoms with E-state index in [1.165, 1.54) is 12.1 Å². The molecule has 110 valence electrons. The summed E-state index contributed by atoms with van der Waals surface area (Å²) in [5, 5.41) is 0. The van der Waals surface area contributed by atoms with Crippen molar-refractivity contribution in [2.24, 2.45) is 11.5 Å². The van der Waals surface area contributed by atoms with E-state index in [2.05, 4.69) is 0 Å². The third-order valence-electron chi connectivity index (χ3n) is 3.73. The van der Waals surface area contributed by atoms with Crippen LogP contribution in [0.1, 0.15) is 40.0 Å². The van der Waals surface area contributed by atoms with Crippen LogP contribution in [0.25, 0.3) is 11.1 Å². The molecule has 4 heteroatoms. The Kier molecular flexibility index (Phi) is 4.09. The van der Waals surface area contributed by atoms with E-state index < -0.39 is 5.91 Å². The van der Waals surface area contributed by atoms with Crippen molar-refractivity contribution in [2.45, 2.75) is 26.8 Å². The summed E-state index contributed by atoms with van der Waals surface area (Å²) in [6.07, 6.45) is 0. The monoisotopic (exact) mass is 286 g/mol. The number of benzene rings is 2. The molecule has 0 aliphatic rings. The average molecular weight is 286 g/mol. The third kappa shape index (κ3) is 2.81. The zero-order chi connectivity index (χ0) is 15.7. The van der Waals surface area contributed by atoms with Crippen LogP contribution in [0.3, 0.4) is 0 Å². The summed E-state index contributed by atoms with van der Waals surface area (Å²) in [6, 6.07) is 7.76. The average Bonchev–Trinajstić information content (AvgIpc) is 2.40. The highest BCUT2D eigenvalue weighted by atomic mass is 19.1. The summed E-state index contributed by atoms with van der Waals surface area (Å²) in [6.45, 7) is 5.57. The van der Waals surface area contributed by atoms with Crippen molar-refractivity contribution in [3.63, 3.8) is 0 Å². The fraction of sp³-hybridized carbons (Fsp3) is 0.235. The maximum Gasteiger partial charge on any atom is 0.249 e. The van der Waals surface area contributed by atoms with Crippen LogP contribution in [0.2, 0.25) is 0 Å². The fourth-order valence-corrected chi connectivity index (χ4v) is 2.56. The maximum absolute atomic E-state index is 13.6. The van der Waals surface area contributed by atoms with Gasteiger partial charge in [0.25, 0.3) is 0 Å². The summed E-state index contributed by atoms with van der Waals surface area (Å²) in [4.78, 5) is 11.9. The molecule has 2 aromatic rings. The highest BCUT2D eigenvalue weighted by molar-refractivity contribution is 6.02. The van der Waals surface area contributed by atoms with Crippen LogP contribution in [-0.2, 0) is 0 Å². The van der Waals surface area contributed by atoms with Gasteiger partial charge >= 0.3 is 0 Å². The van der Waals surface area contributed by atoms with Crippen molar-refractivity contribution < 1.29 is 9.18 Å². The van der Waals surface area contributed by atoms with E-state index in [9.17, 15) is 9.18 Å². The molecule has 4 N–H and O–H groups in total. The van der Waals surface area contributed by atoms with Crippen molar-refractivity contribution in [1.29, 1.82) is 0 Å². The molecule has 0 aliphatic carbocycles. The van der Waals surface area contributed by atoms with E-state index in [1.54, 1.807) is 12.1 Å². The minimum atomic E-state index is -0.530. The van der Waals surface area contributed by atoms with Crippen LogP contribution in [0.15, 0.2) is 30.3 Å². The predicted octanol–water partition coefficient (Wildman–Crippen LogP) is 3.23. The van der Waals surface area contributed by atoms with Crippen molar-refractivity contribution in [1.82, 2.24) is 0 Å². The topological polar surface area (TPSA) is 69.1 Å². The SMILES string of the molecule is Cc1cc(C(C)N)c(-c2cccc(F)c2)c(C(N)=O)c1C. The molecule has 0 radical (unpaired) electrons. The number of hydrogen-bond acceptors (Lipinski definition) is 2. The number of amides is 1. The molecule has 0 aromatic heterocycles. The molecule has 0 bridgehead atoms. The normalized spacial score (nSPS) is 12.2. The van der Waals surface area contributed by atoms with Gasteiger partial charge in [-0.3, -0.25) is 4.79 Å². The lowest BCUT2D eigenvalue weighted by Crippen LogP contribution is -2.18. The first-order valence-electron chi connectivity index (χ1n) is 6.78. The van der Waals surface area contributed by atoms with Gasteiger partial charge in [-0.25, -0.2) is 4.39 Å². The molecule has 0 aliphatic heterocycles. The molecule has 0 saturated carbocycles. The van der Waals surface area contributed by atoms with Crippen LogP contribution < -0.4 is 11.5 Å². The van der Waals surface area contributed by atoms with Crippen LogP contribution in [0.5, 0.6) is 0 Å². The molecule has 2 rings (SSSR count). The highest BCUT2D eigenvalue weighted by Gasteiger charge is 2.21. The Bertz CT molecular complexity index is 708. The van der Waals surface area contributed by atoms with Gasteiger partial charge < -0.3 is 11.5 Å². The second-order valence-electron chi connectivity index (χ2n) is 5.32. The first kappa shape index (κ1) is 15.2. The first-order chi connectivity index (χ1) is 9.82. The number of carbonyl (C=O) groups excluding carboxylic acids is 1. The summed E-state index contributed by atoms with van der Waals surface area (Å²) >= 11 is 0. The molecule has 0 spiro atoms. The quantitative estimate of drug-likeness (QED) is 0.909. The van der Waals surface area contributed by atoms with Gasteiger partial charge in [-0.1, -0.05) is 18.2 Å². The lowest BCUT2D eigenvalue weighted by Gasteiger charge is -2.20. The van der Waals surface area contributed by atoms with E-state index in [4.69, 9.17) is 11.5 Å². The second-order valence-corrected chi connectivity index (χ2v) is 5.32. The van der Waals surface area contributed by atoms with Gasteiger partial charge in [-0.2, -0.15) is 0 Å². The molecule has 3 nitrogen and oxygen atoms in total. The molecule has 0 fully saturated rings. The molecule has 1 atom stereocenters. The van der Waals surface area contributed by atoms with Crippen molar-refractivity contribution in [3.8, 4) is 11.1 Å². The zero-order valence-corrected chi connectivity index (χ0v) is 12.4. The number of rotatable bonds is 3. The summed E-state index contributed by atoms with van der Waals surface area (Å²) < 4.78 is 13.6. The number of hydrogen-bond donors (Lipinski definition) is 2. The van der Waals surface area contributed by atoms with E-state index in [0.29, 0.717) is 16.7 Å². The van der Waals surface area contributed by atoms with Crippen molar-refractivity contribution in [3.05, 3.63) is 58.4 Å². The first-order valence-corrected chi connectivity index (χ1v) is 6.78. The zero-order valence-electron chi connectivity index (χ0n) is 12.4. The number of primary amides is 1. The minimum Gasteiger partial charge on any atom is -0.366 e. The number of carbonyl (C=O) groups is 1. The Morgan fingerprint density at radius 3 is 2.43 bits per heavy atom. The largest absolute Gasteiger partial charge is 0.366 e. The lowest BCUT2D eigenvalue weighted by atomic mass is 9.86. The third-order valence-corrected chi connectivity index (χ3v) is 3.73. The van der Waals surface area contributed by atoms with Crippen LogP contribution in [-0.4, -0.2) is 5.91 Å². The van der Waals surface area contributed by atoms with E-state index in [1.807, 2.05) is 26.8 Å². The van der Waals surface area contributed by atoms with Gasteiger partial charge in [-0.05, 0) is 60.7 Å². The molecule has 21 heavy (non-hydrogen) atoms. The summed E-state index contributed by atoms with van der Waals surface area (Å²) in [5.41, 5.74) is 15.8. The minimum absolute atomic E-state index is 0.291. The molecular formula is C17H19FN2O. The van der Waals surface area contributed by atoms with Gasteiger partial charge in [0.2, 0.25) is 5.91 Å².